The minimum absolute atomic E-state index is 0.00810. The van der Waals surface area contributed by atoms with E-state index in [1.54, 1.807) is 55.4 Å². The van der Waals surface area contributed by atoms with E-state index in [0.29, 0.717) is 30.3 Å². The van der Waals surface area contributed by atoms with Crippen LogP contribution in [-0.4, -0.2) is 118 Å². The SMILES string of the molecule is CC(C)B(O)O.CC(C)B(O)O.CC(C)B1OC(C)C(C)O1.CC(O)C(C)O.CC(O)CC(C)O.CC1CC(C)OB(C(C)C)O1. The van der Waals surface area contributed by atoms with Gasteiger partial charge in [-0.2, -0.15) is 0 Å². The van der Waals surface area contributed by atoms with Crippen LogP contribution in [0.1, 0.15) is 124 Å². The highest BCUT2D eigenvalue weighted by Crippen LogP contribution is 2.23. The predicted molar refractivity (Wildman–Crippen MR) is 190 cm³/mol. The van der Waals surface area contributed by atoms with Crippen molar-refractivity contribution in [3.63, 3.8) is 0 Å². The monoisotopic (exact) mass is 669 g/mol. The molecule has 2 fully saturated rings. The van der Waals surface area contributed by atoms with Gasteiger partial charge in [0.2, 0.25) is 0 Å². The van der Waals surface area contributed by atoms with Gasteiger partial charge in [0.1, 0.15) is 0 Å². The maximum atomic E-state index is 8.56. The van der Waals surface area contributed by atoms with E-state index >= 15 is 0 Å². The lowest BCUT2D eigenvalue weighted by Crippen LogP contribution is -2.40. The van der Waals surface area contributed by atoms with E-state index in [2.05, 4.69) is 41.5 Å². The van der Waals surface area contributed by atoms with Crippen LogP contribution in [0.4, 0.5) is 0 Å². The largest absolute Gasteiger partial charge is 0.460 e. The van der Waals surface area contributed by atoms with Gasteiger partial charge in [0.15, 0.2) is 0 Å². The van der Waals surface area contributed by atoms with E-state index in [1.165, 1.54) is 0 Å². The summed E-state index contributed by atoms with van der Waals surface area (Å²) in [5.41, 5.74) is 0. The second-order valence-corrected chi connectivity index (χ2v) is 13.8. The third-order valence-corrected chi connectivity index (χ3v) is 6.42. The van der Waals surface area contributed by atoms with Gasteiger partial charge in [0.25, 0.3) is 0 Å². The fourth-order valence-corrected chi connectivity index (χ4v) is 2.87. The summed E-state index contributed by atoms with van der Waals surface area (Å²) in [7, 11) is -2.27. The van der Waals surface area contributed by atoms with Crippen molar-refractivity contribution in [2.45, 2.75) is 196 Å². The smallest absolute Gasteiger partial charge is 0.427 e. The summed E-state index contributed by atoms with van der Waals surface area (Å²) in [5, 5.41) is 66.6. The molecule has 2 aliphatic heterocycles. The van der Waals surface area contributed by atoms with Gasteiger partial charge in [-0.15, -0.1) is 0 Å². The van der Waals surface area contributed by atoms with E-state index in [1.807, 2.05) is 13.8 Å². The van der Waals surface area contributed by atoms with Crippen LogP contribution in [0, 0.1) is 0 Å². The Bertz CT molecular complexity index is 585. The molecule has 0 spiro atoms. The molecule has 46 heavy (non-hydrogen) atoms. The van der Waals surface area contributed by atoms with Crippen LogP contribution in [0.2, 0.25) is 23.3 Å². The minimum Gasteiger partial charge on any atom is -0.427 e. The molecule has 2 rings (SSSR count). The first kappa shape index (κ1) is 52.6. The molecule has 0 radical (unpaired) electrons. The zero-order valence-corrected chi connectivity index (χ0v) is 31.9. The van der Waals surface area contributed by atoms with E-state index < -0.39 is 26.4 Å². The van der Waals surface area contributed by atoms with Crippen molar-refractivity contribution in [2.75, 3.05) is 0 Å². The fourth-order valence-electron chi connectivity index (χ4n) is 2.87. The summed E-state index contributed by atoms with van der Waals surface area (Å²) in [6.45, 7) is 30.1. The van der Waals surface area contributed by atoms with Crippen LogP contribution in [0.25, 0.3) is 0 Å². The minimum atomic E-state index is -1.15. The zero-order valence-electron chi connectivity index (χ0n) is 31.9. The van der Waals surface area contributed by atoms with Crippen LogP contribution in [0.3, 0.4) is 0 Å². The van der Waals surface area contributed by atoms with Crippen LogP contribution >= 0.6 is 0 Å². The van der Waals surface area contributed by atoms with Crippen LogP contribution in [-0.2, 0) is 18.6 Å². The molecule has 276 valence electrons. The molecule has 0 amide bonds. The van der Waals surface area contributed by atoms with Crippen molar-refractivity contribution in [3.05, 3.63) is 0 Å². The lowest BCUT2D eigenvalue weighted by molar-refractivity contribution is 0.0298. The summed E-state index contributed by atoms with van der Waals surface area (Å²) in [6.07, 6.45) is 0.774. The summed E-state index contributed by atoms with van der Waals surface area (Å²) in [6, 6.07) is 0. The number of aliphatic hydroxyl groups excluding tert-OH is 4. The highest BCUT2D eigenvalue weighted by molar-refractivity contribution is 6.47. The lowest BCUT2D eigenvalue weighted by atomic mass is 9.72. The fraction of sp³-hybridized carbons (Fsp3) is 1.00. The molecule has 2 heterocycles. The Morgan fingerprint density at radius 3 is 0.891 bits per heavy atom. The van der Waals surface area contributed by atoms with Crippen molar-refractivity contribution in [1.82, 2.24) is 0 Å². The van der Waals surface area contributed by atoms with E-state index in [4.69, 9.17) is 59.1 Å². The van der Waals surface area contributed by atoms with Gasteiger partial charge < -0.3 is 59.1 Å². The quantitative estimate of drug-likeness (QED) is 0.184. The van der Waals surface area contributed by atoms with Gasteiger partial charge >= 0.3 is 28.5 Å². The molecule has 0 bridgehead atoms. The van der Waals surface area contributed by atoms with Gasteiger partial charge in [0.05, 0.1) is 36.6 Å². The molecule has 12 nitrogen and oxygen atoms in total. The average Bonchev–Trinajstić information content (AvgIpc) is 3.22. The van der Waals surface area contributed by atoms with Crippen molar-refractivity contribution in [2.24, 2.45) is 0 Å². The third kappa shape index (κ3) is 35.1. The van der Waals surface area contributed by atoms with Gasteiger partial charge in [-0.25, -0.2) is 0 Å². The molecule has 0 aromatic heterocycles. The maximum absolute atomic E-state index is 8.56. The molecule has 8 N–H and O–H groups in total. The Balaban J connectivity index is -0.000000235. The highest BCUT2D eigenvalue weighted by atomic mass is 16.7. The van der Waals surface area contributed by atoms with E-state index in [-0.39, 0.29) is 50.3 Å². The van der Waals surface area contributed by atoms with Crippen molar-refractivity contribution in [3.8, 4) is 0 Å². The number of hydrogen-bond donors (Lipinski definition) is 8. The van der Waals surface area contributed by atoms with Gasteiger partial charge in [-0.05, 0) is 91.5 Å². The van der Waals surface area contributed by atoms with Crippen molar-refractivity contribution < 1.29 is 59.1 Å². The maximum Gasteiger partial charge on any atom is 0.460 e. The molecule has 2 saturated heterocycles. The first-order valence-corrected chi connectivity index (χ1v) is 16.8. The first-order valence-electron chi connectivity index (χ1n) is 16.8. The Hall–Kier alpha value is -0.220. The normalized spacial score (nSPS) is 23.2. The second-order valence-electron chi connectivity index (χ2n) is 13.8. The summed E-state index contributed by atoms with van der Waals surface area (Å²) < 4.78 is 22.2. The van der Waals surface area contributed by atoms with Gasteiger partial charge in [0, 0.05) is 12.2 Å². The highest BCUT2D eigenvalue weighted by Gasteiger charge is 2.36. The third-order valence-electron chi connectivity index (χ3n) is 6.42. The standard InChI is InChI=1S/C8H17BO2.C7H15BO2.C5H12O2.C4H10O2.2C3H9BO2/c1-6(2)9-10-7(3)5-8(4)11-9;1-5(2)8-9-6(3)7(4)10-8;1-4(6)3-5(2)7;1-3(5)4(2)6;2*1-3(2)4(5)6/h6-8H,5H2,1-4H3;5-7H,1-4H3;4-7H,3H2,1-2H3;3-6H,1-2H3;2*3,5-6H,1-2H3. The first-order chi connectivity index (χ1) is 20.8. The predicted octanol–water partition coefficient (Wildman–Crippen LogP) is 3.43. The summed E-state index contributed by atoms with van der Waals surface area (Å²) in [4.78, 5) is 0. The summed E-state index contributed by atoms with van der Waals surface area (Å²) in [5.74, 6) is 0.850. The molecule has 0 aromatic rings. The molecular formula is C30H72B4O12. The Labute approximate surface area is 283 Å². The molecule has 8 unspecified atom stereocenters. The van der Waals surface area contributed by atoms with E-state index in [9.17, 15) is 0 Å². The molecule has 2 aliphatic rings. The number of hydrogen-bond acceptors (Lipinski definition) is 12. The topological polar surface area (TPSA) is 199 Å². The second kappa shape index (κ2) is 29.7. The molecule has 0 saturated carbocycles. The van der Waals surface area contributed by atoms with Crippen molar-refractivity contribution in [1.29, 1.82) is 0 Å². The average molecular weight is 668 g/mol. The van der Waals surface area contributed by atoms with Crippen LogP contribution in [0.15, 0.2) is 0 Å². The van der Waals surface area contributed by atoms with Crippen LogP contribution in [0.5, 0.6) is 0 Å². The molecular weight excluding hydrogens is 596 g/mol. The van der Waals surface area contributed by atoms with E-state index in [0.717, 1.165) is 6.42 Å². The lowest BCUT2D eigenvalue weighted by Gasteiger charge is -2.32. The molecule has 16 heteroatoms. The Morgan fingerprint density at radius 1 is 0.522 bits per heavy atom. The number of rotatable bonds is 7. The number of aliphatic hydroxyl groups is 4. The molecule has 8 atom stereocenters. The van der Waals surface area contributed by atoms with Gasteiger partial charge in [-0.1, -0.05) is 55.4 Å². The van der Waals surface area contributed by atoms with Gasteiger partial charge in [-0.3, -0.25) is 0 Å². The van der Waals surface area contributed by atoms with Crippen molar-refractivity contribution >= 4 is 28.5 Å². The zero-order chi connectivity index (χ0) is 37.5. The Kier molecular flexibility index (Phi) is 33.9. The molecule has 0 aliphatic carbocycles. The summed E-state index contributed by atoms with van der Waals surface area (Å²) >= 11 is 0. The molecule has 0 aromatic carbocycles. The Morgan fingerprint density at radius 2 is 0.761 bits per heavy atom. The van der Waals surface area contributed by atoms with Crippen LogP contribution < -0.4 is 0 Å².